The van der Waals surface area contributed by atoms with Gasteiger partial charge in [0.2, 0.25) is 0 Å². The molecule has 0 bridgehead atoms. The summed E-state index contributed by atoms with van der Waals surface area (Å²) in [4.78, 5) is 23.5. The summed E-state index contributed by atoms with van der Waals surface area (Å²) in [6.07, 6.45) is 0. The van der Waals surface area contributed by atoms with Crippen molar-refractivity contribution < 1.29 is 19.1 Å². The Morgan fingerprint density at radius 1 is 1.21 bits per heavy atom. The van der Waals surface area contributed by atoms with Crippen LogP contribution in [-0.2, 0) is 9.53 Å². The SMILES string of the molecule is COC(=O)c1cc(NC(=O)COc2ccc(C#N)cc2)ccc1Cl. The number of halogens is 1. The lowest BCUT2D eigenvalue weighted by Gasteiger charge is -2.09. The fourth-order valence-electron chi connectivity index (χ4n) is 1.84. The minimum atomic E-state index is -0.593. The summed E-state index contributed by atoms with van der Waals surface area (Å²) < 4.78 is 9.94. The number of hydrogen-bond donors (Lipinski definition) is 1. The molecule has 7 heteroatoms. The van der Waals surface area contributed by atoms with E-state index in [2.05, 4.69) is 10.1 Å². The normalized spacial score (nSPS) is 9.71. The Labute approximate surface area is 143 Å². The van der Waals surface area contributed by atoms with Crippen molar-refractivity contribution in [3.63, 3.8) is 0 Å². The van der Waals surface area contributed by atoms with E-state index in [0.29, 0.717) is 17.0 Å². The van der Waals surface area contributed by atoms with E-state index in [1.807, 2.05) is 6.07 Å². The molecule has 24 heavy (non-hydrogen) atoms. The van der Waals surface area contributed by atoms with Crippen LogP contribution in [0.4, 0.5) is 5.69 Å². The summed E-state index contributed by atoms with van der Waals surface area (Å²) >= 11 is 5.91. The minimum absolute atomic E-state index is 0.157. The molecule has 0 heterocycles. The van der Waals surface area contributed by atoms with Gasteiger partial charge in [-0.2, -0.15) is 5.26 Å². The van der Waals surface area contributed by atoms with Crippen LogP contribution in [0.15, 0.2) is 42.5 Å². The van der Waals surface area contributed by atoms with Gasteiger partial charge in [-0.3, -0.25) is 4.79 Å². The van der Waals surface area contributed by atoms with Gasteiger partial charge in [0.05, 0.1) is 29.3 Å². The first-order chi connectivity index (χ1) is 11.5. The number of carbonyl (C=O) groups excluding carboxylic acids is 2. The molecule has 0 atom stereocenters. The molecule has 2 rings (SSSR count). The smallest absolute Gasteiger partial charge is 0.339 e. The molecule has 122 valence electrons. The van der Waals surface area contributed by atoms with Crippen LogP contribution in [0, 0.1) is 11.3 Å². The first-order valence-corrected chi connectivity index (χ1v) is 7.22. The highest BCUT2D eigenvalue weighted by atomic mass is 35.5. The third-order valence-corrected chi connectivity index (χ3v) is 3.34. The molecule has 0 spiro atoms. The third kappa shape index (κ3) is 4.48. The molecule has 0 aliphatic heterocycles. The summed E-state index contributed by atoms with van der Waals surface area (Å²) in [6, 6.07) is 12.9. The van der Waals surface area contributed by atoms with Crippen molar-refractivity contribution in [1.29, 1.82) is 5.26 Å². The number of hydrogen-bond acceptors (Lipinski definition) is 5. The highest BCUT2D eigenvalue weighted by molar-refractivity contribution is 6.33. The van der Waals surface area contributed by atoms with E-state index in [1.165, 1.54) is 19.2 Å². The topological polar surface area (TPSA) is 88.4 Å². The van der Waals surface area contributed by atoms with Crippen LogP contribution in [0.5, 0.6) is 5.75 Å². The molecule has 0 radical (unpaired) electrons. The number of methoxy groups -OCH3 is 1. The van der Waals surface area contributed by atoms with Crippen molar-refractivity contribution >= 4 is 29.2 Å². The van der Waals surface area contributed by atoms with Crippen LogP contribution >= 0.6 is 11.6 Å². The Kier molecular flexibility index (Phi) is 5.77. The maximum Gasteiger partial charge on any atom is 0.339 e. The van der Waals surface area contributed by atoms with Gasteiger partial charge in [-0.05, 0) is 42.5 Å². The molecule has 0 fully saturated rings. The van der Waals surface area contributed by atoms with Gasteiger partial charge in [0.1, 0.15) is 5.75 Å². The maximum absolute atomic E-state index is 11.9. The van der Waals surface area contributed by atoms with E-state index < -0.39 is 11.9 Å². The molecule has 1 amide bonds. The lowest BCUT2D eigenvalue weighted by atomic mass is 10.2. The third-order valence-electron chi connectivity index (χ3n) is 3.01. The average Bonchev–Trinajstić information content (AvgIpc) is 2.61. The van der Waals surface area contributed by atoms with E-state index >= 15 is 0 Å². The molecule has 0 saturated heterocycles. The number of esters is 1. The van der Waals surface area contributed by atoms with Crippen LogP contribution in [0.25, 0.3) is 0 Å². The van der Waals surface area contributed by atoms with Crippen molar-refractivity contribution in [1.82, 2.24) is 0 Å². The van der Waals surface area contributed by atoms with Crippen molar-refractivity contribution in [3.05, 3.63) is 58.6 Å². The maximum atomic E-state index is 11.9. The monoisotopic (exact) mass is 344 g/mol. The molecule has 0 aliphatic carbocycles. The van der Waals surface area contributed by atoms with Crippen molar-refractivity contribution in [2.24, 2.45) is 0 Å². The van der Waals surface area contributed by atoms with Gasteiger partial charge in [0.25, 0.3) is 5.91 Å². The number of ether oxygens (including phenoxy) is 2. The van der Waals surface area contributed by atoms with Gasteiger partial charge < -0.3 is 14.8 Å². The van der Waals surface area contributed by atoms with Crippen molar-refractivity contribution in [2.45, 2.75) is 0 Å². The minimum Gasteiger partial charge on any atom is -0.484 e. The quantitative estimate of drug-likeness (QED) is 0.842. The largest absolute Gasteiger partial charge is 0.484 e. The van der Waals surface area contributed by atoms with Gasteiger partial charge in [0, 0.05) is 5.69 Å². The predicted molar refractivity (Wildman–Crippen MR) is 88.1 cm³/mol. The van der Waals surface area contributed by atoms with E-state index in [4.69, 9.17) is 21.6 Å². The molecule has 2 aromatic carbocycles. The number of amides is 1. The highest BCUT2D eigenvalue weighted by Crippen LogP contribution is 2.21. The van der Waals surface area contributed by atoms with Gasteiger partial charge in [0.15, 0.2) is 6.61 Å². The molecule has 0 aromatic heterocycles. The second-order valence-corrected chi connectivity index (χ2v) is 5.07. The second kappa shape index (κ2) is 7.99. The zero-order valence-corrected chi connectivity index (χ0v) is 13.5. The van der Waals surface area contributed by atoms with Gasteiger partial charge >= 0.3 is 5.97 Å². The standard InChI is InChI=1S/C17H13ClN2O4/c1-23-17(22)14-8-12(4-7-15(14)18)20-16(21)10-24-13-5-2-11(9-19)3-6-13/h2-8H,10H2,1H3,(H,20,21). The van der Waals surface area contributed by atoms with Crippen LogP contribution < -0.4 is 10.1 Å². The lowest BCUT2D eigenvalue weighted by Crippen LogP contribution is -2.20. The molecule has 1 N–H and O–H groups in total. The van der Waals surface area contributed by atoms with Crippen molar-refractivity contribution in [2.75, 3.05) is 19.0 Å². The van der Waals surface area contributed by atoms with Crippen molar-refractivity contribution in [3.8, 4) is 11.8 Å². The number of rotatable bonds is 5. The van der Waals surface area contributed by atoms with Gasteiger partial charge in [-0.25, -0.2) is 4.79 Å². The Bertz CT molecular complexity index is 797. The van der Waals surface area contributed by atoms with Crippen LogP contribution in [-0.4, -0.2) is 25.6 Å². The summed E-state index contributed by atoms with van der Waals surface area (Å²) in [5, 5.41) is 11.5. The number of carbonyl (C=O) groups is 2. The Morgan fingerprint density at radius 2 is 1.92 bits per heavy atom. The highest BCUT2D eigenvalue weighted by Gasteiger charge is 2.12. The zero-order chi connectivity index (χ0) is 17.5. The molecule has 0 saturated carbocycles. The summed E-state index contributed by atoms with van der Waals surface area (Å²) in [7, 11) is 1.25. The first kappa shape index (κ1) is 17.3. The Balaban J connectivity index is 1.97. The fourth-order valence-corrected chi connectivity index (χ4v) is 2.04. The predicted octanol–water partition coefficient (Wildman–Crippen LogP) is 3.02. The number of nitrogens with zero attached hydrogens (tertiary/aromatic N) is 1. The zero-order valence-electron chi connectivity index (χ0n) is 12.7. The van der Waals surface area contributed by atoms with E-state index in [1.54, 1.807) is 30.3 Å². The van der Waals surface area contributed by atoms with Gasteiger partial charge in [-0.15, -0.1) is 0 Å². The van der Waals surface area contributed by atoms with Crippen LogP contribution in [0.3, 0.4) is 0 Å². The molecule has 0 unspecified atom stereocenters. The number of benzene rings is 2. The fraction of sp³-hybridized carbons (Fsp3) is 0.118. The summed E-state index contributed by atoms with van der Waals surface area (Å²) in [6.45, 7) is -0.220. The molecular weight excluding hydrogens is 332 g/mol. The first-order valence-electron chi connectivity index (χ1n) is 6.84. The molecule has 6 nitrogen and oxygen atoms in total. The molecule has 0 aliphatic rings. The molecular formula is C17H13ClN2O4. The number of nitriles is 1. The molecule has 2 aromatic rings. The van der Waals surface area contributed by atoms with E-state index in [0.717, 1.165) is 0 Å². The Morgan fingerprint density at radius 3 is 2.54 bits per heavy atom. The second-order valence-electron chi connectivity index (χ2n) is 4.66. The van der Waals surface area contributed by atoms with Crippen LogP contribution in [0.2, 0.25) is 5.02 Å². The Hall–Kier alpha value is -3.04. The lowest BCUT2D eigenvalue weighted by molar-refractivity contribution is -0.118. The summed E-state index contributed by atoms with van der Waals surface area (Å²) in [5.41, 5.74) is 1.06. The van der Waals surface area contributed by atoms with E-state index in [-0.39, 0.29) is 17.2 Å². The summed E-state index contributed by atoms with van der Waals surface area (Å²) in [5.74, 6) is -0.530. The van der Waals surface area contributed by atoms with Gasteiger partial charge in [-0.1, -0.05) is 11.6 Å². The van der Waals surface area contributed by atoms with Crippen LogP contribution in [0.1, 0.15) is 15.9 Å². The number of nitrogens with one attached hydrogen (secondary N) is 1. The van der Waals surface area contributed by atoms with E-state index in [9.17, 15) is 9.59 Å². The number of anilines is 1. The average molecular weight is 345 g/mol.